The van der Waals surface area contributed by atoms with Crippen LogP contribution in [0.25, 0.3) is 21.9 Å². The molecule has 4 N–H and O–H groups in total. The highest BCUT2D eigenvalue weighted by molar-refractivity contribution is 5.86. The summed E-state index contributed by atoms with van der Waals surface area (Å²) < 4.78 is 12.9. The van der Waals surface area contributed by atoms with Crippen molar-refractivity contribution < 1.29 is 29.9 Å². The molecule has 1 aromatic heterocycles. The number of aliphatic hydroxyl groups excluding tert-OH is 4. The van der Waals surface area contributed by atoms with Gasteiger partial charge >= 0.3 is 0 Å². The molecular formula is C25H29NO7. The van der Waals surface area contributed by atoms with Crippen LogP contribution in [-0.4, -0.2) is 62.3 Å². The van der Waals surface area contributed by atoms with Crippen LogP contribution in [0.3, 0.4) is 0 Å². The van der Waals surface area contributed by atoms with Gasteiger partial charge in [0.15, 0.2) is 0 Å². The molecule has 1 saturated heterocycles. The molecule has 8 nitrogen and oxygen atoms in total. The molecule has 0 aliphatic carbocycles. The number of fused-ring (bicyclic) bond motifs is 1. The Morgan fingerprint density at radius 2 is 1.70 bits per heavy atom. The van der Waals surface area contributed by atoms with E-state index in [1.54, 1.807) is 10.6 Å². The Balaban J connectivity index is 1.62. The minimum atomic E-state index is -1.51. The van der Waals surface area contributed by atoms with E-state index < -0.39 is 37.3 Å². The molecule has 0 unspecified atom stereocenters. The Morgan fingerprint density at radius 3 is 2.36 bits per heavy atom. The fourth-order valence-electron chi connectivity index (χ4n) is 4.09. The minimum absolute atomic E-state index is 0.0383. The van der Waals surface area contributed by atoms with E-state index in [1.807, 2.05) is 63.4 Å². The number of hydrogen-bond donors (Lipinski definition) is 4. The lowest BCUT2D eigenvalue weighted by Gasteiger charge is -2.39. The van der Waals surface area contributed by atoms with Crippen molar-refractivity contribution >= 4 is 10.8 Å². The van der Waals surface area contributed by atoms with Gasteiger partial charge in [-0.25, -0.2) is 0 Å². The number of aromatic nitrogens is 1. The Morgan fingerprint density at radius 1 is 1.00 bits per heavy atom. The quantitative estimate of drug-likeness (QED) is 0.462. The molecular weight excluding hydrogens is 426 g/mol. The highest BCUT2D eigenvalue weighted by atomic mass is 16.7. The molecule has 4 rings (SSSR count). The lowest BCUT2D eigenvalue weighted by molar-refractivity contribution is -0.277. The third-order valence-electron chi connectivity index (χ3n) is 6.09. The van der Waals surface area contributed by atoms with Gasteiger partial charge in [0, 0.05) is 17.6 Å². The molecule has 1 aliphatic rings. The van der Waals surface area contributed by atoms with Gasteiger partial charge in [0.2, 0.25) is 6.29 Å². The number of rotatable bonds is 5. The van der Waals surface area contributed by atoms with E-state index in [4.69, 9.17) is 9.47 Å². The number of benzene rings is 2. The molecule has 8 heteroatoms. The van der Waals surface area contributed by atoms with E-state index in [0.29, 0.717) is 11.1 Å². The van der Waals surface area contributed by atoms with E-state index in [-0.39, 0.29) is 11.6 Å². The van der Waals surface area contributed by atoms with Crippen LogP contribution in [0.5, 0.6) is 5.75 Å². The summed E-state index contributed by atoms with van der Waals surface area (Å²) in [4.78, 5) is 12.9. The number of ether oxygens (including phenoxy) is 2. The van der Waals surface area contributed by atoms with Gasteiger partial charge in [0.25, 0.3) is 5.56 Å². The van der Waals surface area contributed by atoms with Crippen LogP contribution in [0.2, 0.25) is 0 Å². The zero-order chi connectivity index (χ0) is 23.9. The van der Waals surface area contributed by atoms with Crippen molar-refractivity contribution in [2.45, 2.75) is 57.5 Å². The Bertz CT molecular complexity index is 1200. The summed E-state index contributed by atoms with van der Waals surface area (Å²) in [6.45, 7) is 5.24. The maximum Gasteiger partial charge on any atom is 0.258 e. The molecule has 5 atom stereocenters. The maximum absolute atomic E-state index is 12.9. The highest BCUT2D eigenvalue weighted by Crippen LogP contribution is 2.30. The first-order chi connectivity index (χ1) is 15.7. The second-order valence-electron chi connectivity index (χ2n) is 8.72. The molecule has 1 fully saturated rings. The third-order valence-corrected chi connectivity index (χ3v) is 6.09. The summed E-state index contributed by atoms with van der Waals surface area (Å²) in [6.07, 6.45) is -4.91. The van der Waals surface area contributed by atoms with Crippen molar-refractivity contribution in [1.82, 2.24) is 4.57 Å². The summed E-state index contributed by atoms with van der Waals surface area (Å²) in [5.41, 5.74) is 2.47. The van der Waals surface area contributed by atoms with Crippen molar-refractivity contribution in [3.63, 3.8) is 0 Å². The largest absolute Gasteiger partial charge is 0.462 e. The van der Waals surface area contributed by atoms with Crippen LogP contribution in [0.15, 0.2) is 53.5 Å². The summed E-state index contributed by atoms with van der Waals surface area (Å²) in [7, 11) is 0. The number of pyridine rings is 1. The predicted octanol–water partition coefficient (Wildman–Crippen LogP) is 1.74. The first-order valence-corrected chi connectivity index (χ1v) is 10.9. The van der Waals surface area contributed by atoms with Crippen LogP contribution in [0, 0.1) is 6.92 Å². The standard InChI is InChI=1S/C25H29NO7/c1-13(2)26-9-8-15-4-5-17(11-18(15)24(26)31)16-6-7-19(14(3)10-16)32-25-23(30)22(29)21(28)20(12-27)33-25/h4-11,13,20-23,25,27-30H,12H2,1-3H3/t20-,21-,22+,23+,25+/m1/s1. The van der Waals surface area contributed by atoms with Gasteiger partial charge < -0.3 is 34.5 Å². The van der Waals surface area contributed by atoms with E-state index in [0.717, 1.165) is 22.1 Å². The van der Waals surface area contributed by atoms with Crippen LogP contribution >= 0.6 is 0 Å². The summed E-state index contributed by atoms with van der Waals surface area (Å²) >= 11 is 0. The van der Waals surface area contributed by atoms with Crippen molar-refractivity contribution in [1.29, 1.82) is 0 Å². The van der Waals surface area contributed by atoms with Crippen molar-refractivity contribution in [3.05, 3.63) is 64.6 Å². The van der Waals surface area contributed by atoms with Gasteiger partial charge in [-0.1, -0.05) is 18.2 Å². The number of aryl methyl sites for hydroxylation is 1. The topological polar surface area (TPSA) is 121 Å². The Hall–Kier alpha value is -2.75. The van der Waals surface area contributed by atoms with Gasteiger partial charge in [-0.15, -0.1) is 0 Å². The maximum atomic E-state index is 12.9. The van der Waals surface area contributed by atoms with Crippen molar-refractivity contribution in [2.24, 2.45) is 0 Å². The van der Waals surface area contributed by atoms with Crippen LogP contribution in [-0.2, 0) is 4.74 Å². The Kier molecular flexibility index (Phi) is 6.56. The molecule has 2 heterocycles. The molecule has 0 saturated carbocycles. The van der Waals surface area contributed by atoms with E-state index in [9.17, 15) is 25.2 Å². The number of aliphatic hydroxyl groups is 4. The average molecular weight is 456 g/mol. The van der Waals surface area contributed by atoms with Crippen molar-refractivity contribution in [2.75, 3.05) is 6.61 Å². The third kappa shape index (κ3) is 4.40. The van der Waals surface area contributed by atoms with Gasteiger partial charge in [0.1, 0.15) is 30.2 Å². The number of nitrogens with zero attached hydrogens (tertiary/aromatic N) is 1. The summed E-state index contributed by atoms with van der Waals surface area (Å²) in [5.74, 6) is 0.422. The fraction of sp³-hybridized carbons (Fsp3) is 0.400. The first-order valence-electron chi connectivity index (χ1n) is 10.9. The molecule has 1 aliphatic heterocycles. The lowest BCUT2D eigenvalue weighted by Crippen LogP contribution is -2.60. The van der Waals surface area contributed by atoms with Crippen LogP contribution in [0.1, 0.15) is 25.5 Å². The summed E-state index contributed by atoms with van der Waals surface area (Å²) in [6, 6.07) is 13.2. The lowest BCUT2D eigenvalue weighted by atomic mass is 9.99. The zero-order valence-corrected chi connectivity index (χ0v) is 18.8. The number of hydrogen-bond acceptors (Lipinski definition) is 7. The Labute approximate surface area is 191 Å². The molecule has 33 heavy (non-hydrogen) atoms. The van der Waals surface area contributed by atoms with E-state index in [1.165, 1.54) is 0 Å². The first kappa shape index (κ1) is 23.4. The average Bonchev–Trinajstić information content (AvgIpc) is 2.80. The molecule has 0 radical (unpaired) electrons. The second-order valence-corrected chi connectivity index (χ2v) is 8.72. The van der Waals surface area contributed by atoms with Gasteiger partial charge in [0.05, 0.1) is 6.61 Å². The molecule has 2 aromatic carbocycles. The SMILES string of the molecule is Cc1cc(-c2ccc3ccn(C(C)C)c(=O)c3c2)ccc1O[C@H]1O[C@H](CO)[C@@H](O)[C@H](O)[C@@H]1O. The molecule has 0 spiro atoms. The normalized spacial score (nSPS) is 25.5. The van der Waals surface area contributed by atoms with Gasteiger partial charge in [-0.2, -0.15) is 0 Å². The van der Waals surface area contributed by atoms with Crippen LogP contribution in [0.4, 0.5) is 0 Å². The molecule has 3 aromatic rings. The van der Waals surface area contributed by atoms with Gasteiger partial charge in [-0.05, 0) is 67.1 Å². The van der Waals surface area contributed by atoms with Gasteiger partial charge in [-0.3, -0.25) is 4.79 Å². The molecule has 0 amide bonds. The summed E-state index contributed by atoms with van der Waals surface area (Å²) in [5, 5.41) is 41.0. The highest BCUT2D eigenvalue weighted by Gasteiger charge is 2.44. The minimum Gasteiger partial charge on any atom is -0.462 e. The van der Waals surface area contributed by atoms with Crippen molar-refractivity contribution in [3.8, 4) is 16.9 Å². The fourth-order valence-corrected chi connectivity index (χ4v) is 4.09. The smallest absolute Gasteiger partial charge is 0.258 e. The van der Waals surface area contributed by atoms with E-state index >= 15 is 0 Å². The monoisotopic (exact) mass is 455 g/mol. The van der Waals surface area contributed by atoms with E-state index in [2.05, 4.69) is 0 Å². The second kappa shape index (κ2) is 9.24. The van der Waals surface area contributed by atoms with Crippen LogP contribution < -0.4 is 10.3 Å². The predicted molar refractivity (Wildman–Crippen MR) is 123 cm³/mol. The molecule has 176 valence electrons. The molecule has 0 bridgehead atoms. The zero-order valence-electron chi connectivity index (χ0n) is 18.8.